The summed E-state index contributed by atoms with van der Waals surface area (Å²) in [6.45, 7) is 2.16. The highest BCUT2D eigenvalue weighted by Crippen LogP contribution is 2.08. The third-order valence-electron chi connectivity index (χ3n) is 2.44. The van der Waals surface area contributed by atoms with Crippen molar-refractivity contribution in [1.29, 1.82) is 0 Å². The van der Waals surface area contributed by atoms with Gasteiger partial charge in [0.05, 0.1) is 12.2 Å². The Morgan fingerprint density at radius 2 is 2.28 bits per heavy atom. The fraction of sp³-hybridized carbons (Fsp3) is 0.231. The summed E-state index contributed by atoms with van der Waals surface area (Å²) in [4.78, 5) is 11.9. The number of hydrogen-bond donors (Lipinski definition) is 1. The first-order valence-corrected chi connectivity index (χ1v) is 6.08. The molecule has 0 aliphatic carbocycles. The van der Waals surface area contributed by atoms with E-state index < -0.39 is 0 Å². The Hall–Kier alpha value is -1.81. The van der Waals surface area contributed by atoms with Gasteiger partial charge in [0.2, 0.25) is 0 Å². The molecule has 0 aliphatic rings. The van der Waals surface area contributed by atoms with Gasteiger partial charge in [-0.25, -0.2) is 0 Å². The lowest BCUT2D eigenvalue weighted by atomic mass is 10.1. The van der Waals surface area contributed by atoms with Crippen molar-refractivity contribution in [3.05, 3.63) is 52.9 Å². The van der Waals surface area contributed by atoms with Crippen LogP contribution < -0.4 is 5.32 Å². The van der Waals surface area contributed by atoms with E-state index in [1.54, 1.807) is 18.2 Å². The fourth-order valence-corrected chi connectivity index (χ4v) is 1.73. The average Bonchev–Trinajstić information content (AvgIpc) is 2.82. The number of alkyl halides is 1. The quantitative estimate of drug-likeness (QED) is 0.864. The fourth-order valence-electron chi connectivity index (χ4n) is 1.56. The van der Waals surface area contributed by atoms with Crippen LogP contribution in [0.15, 0.2) is 34.9 Å². The molecule has 0 unspecified atom stereocenters. The van der Waals surface area contributed by atoms with Crippen LogP contribution in [0.1, 0.15) is 27.4 Å². The van der Waals surface area contributed by atoms with Gasteiger partial charge in [0.15, 0.2) is 5.76 Å². The summed E-state index contributed by atoms with van der Waals surface area (Å²) in [5, 5.41) is 6.52. The minimum absolute atomic E-state index is 0.156. The Balaban J connectivity index is 1.99. The number of amides is 1. The van der Waals surface area contributed by atoms with E-state index in [-0.39, 0.29) is 5.91 Å². The summed E-state index contributed by atoms with van der Waals surface area (Å²) in [6, 6.07) is 9.00. The summed E-state index contributed by atoms with van der Waals surface area (Å²) in [6.07, 6.45) is 0. The first kappa shape index (κ1) is 12.6. The molecule has 2 aromatic rings. The number of aromatic nitrogens is 1. The lowest BCUT2D eigenvalue weighted by molar-refractivity contribution is 0.0947. The number of nitrogens with zero attached hydrogens (tertiary/aromatic N) is 1. The maximum atomic E-state index is 11.9. The zero-order valence-corrected chi connectivity index (χ0v) is 10.7. The van der Waals surface area contributed by atoms with Crippen LogP contribution in [-0.2, 0) is 12.4 Å². The smallest absolute Gasteiger partial charge is 0.251 e. The van der Waals surface area contributed by atoms with Crippen molar-refractivity contribution >= 4 is 17.5 Å². The first-order valence-electron chi connectivity index (χ1n) is 5.54. The Morgan fingerprint density at radius 1 is 1.44 bits per heavy atom. The van der Waals surface area contributed by atoms with Crippen molar-refractivity contribution in [3.8, 4) is 0 Å². The maximum Gasteiger partial charge on any atom is 0.251 e. The van der Waals surface area contributed by atoms with Gasteiger partial charge in [-0.1, -0.05) is 17.3 Å². The van der Waals surface area contributed by atoms with E-state index in [4.69, 9.17) is 16.1 Å². The Labute approximate surface area is 110 Å². The van der Waals surface area contributed by atoms with Crippen molar-refractivity contribution < 1.29 is 9.32 Å². The van der Waals surface area contributed by atoms with Gasteiger partial charge in [-0.15, -0.1) is 11.6 Å². The first-order chi connectivity index (χ1) is 8.69. The standard InChI is InChI=1S/C13H13ClN2O2/c1-9-5-12(18-16-9)8-15-13(17)11-4-2-3-10(6-11)7-14/h2-6H,7-8H2,1H3,(H,15,17). The topological polar surface area (TPSA) is 55.1 Å². The average molecular weight is 265 g/mol. The van der Waals surface area contributed by atoms with Crippen molar-refractivity contribution in [2.45, 2.75) is 19.3 Å². The second-order valence-electron chi connectivity index (χ2n) is 3.95. The molecule has 1 amide bonds. The molecule has 2 rings (SSSR count). The predicted molar refractivity (Wildman–Crippen MR) is 68.4 cm³/mol. The Morgan fingerprint density at radius 3 is 2.94 bits per heavy atom. The normalized spacial score (nSPS) is 10.3. The minimum atomic E-state index is -0.156. The second-order valence-corrected chi connectivity index (χ2v) is 4.22. The van der Waals surface area contributed by atoms with Crippen LogP contribution >= 0.6 is 11.6 Å². The van der Waals surface area contributed by atoms with Crippen LogP contribution in [0.2, 0.25) is 0 Å². The summed E-state index contributed by atoms with van der Waals surface area (Å²) >= 11 is 5.72. The molecule has 0 bridgehead atoms. The van der Waals surface area contributed by atoms with Crippen molar-refractivity contribution in [2.24, 2.45) is 0 Å². The van der Waals surface area contributed by atoms with Gasteiger partial charge in [-0.05, 0) is 24.6 Å². The number of hydrogen-bond acceptors (Lipinski definition) is 3. The lowest BCUT2D eigenvalue weighted by Crippen LogP contribution is -2.22. The van der Waals surface area contributed by atoms with E-state index in [0.29, 0.717) is 23.7 Å². The third kappa shape index (κ3) is 3.11. The van der Waals surface area contributed by atoms with E-state index in [1.165, 1.54) is 0 Å². The molecule has 0 saturated heterocycles. The predicted octanol–water partition coefficient (Wildman–Crippen LogP) is 2.65. The molecule has 0 fully saturated rings. The highest BCUT2D eigenvalue weighted by Gasteiger charge is 2.07. The zero-order chi connectivity index (χ0) is 13.0. The molecule has 0 radical (unpaired) electrons. The molecule has 1 N–H and O–H groups in total. The largest absolute Gasteiger partial charge is 0.359 e. The SMILES string of the molecule is Cc1cc(CNC(=O)c2cccc(CCl)c2)on1. The molecule has 4 nitrogen and oxygen atoms in total. The van der Waals surface area contributed by atoms with Crippen LogP contribution in [-0.4, -0.2) is 11.1 Å². The van der Waals surface area contributed by atoms with Crippen molar-refractivity contribution in [2.75, 3.05) is 0 Å². The lowest BCUT2D eigenvalue weighted by Gasteiger charge is -2.04. The third-order valence-corrected chi connectivity index (χ3v) is 2.75. The number of carbonyl (C=O) groups excluding carboxylic acids is 1. The molecule has 1 heterocycles. The molecule has 0 spiro atoms. The Kier molecular flexibility index (Phi) is 3.99. The van der Waals surface area contributed by atoms with Crippen molar-refractivity contribution in [1.82, 2.24) is 10.5 Å². The van der Waals surface area contributed by atoms with Crippen molar-refractivity contribution in [3.63, 3.8) is 0 Å². The summed E-state index contributed by atoms with van der Waals surface area (Å²) in [5.74, 6) is 0.868. The van der Waals surface area contributed by atoms with Gasteiger partial charge in [0.1, 0.15) is 0 Å². The van der Waals surface area contributed by atoms with Crippen LogP contribution in [0.4, 0.5) is 0 Å². The molecule has 1 aromatic heterocycles. The molecular weight excluding hydrogens is 252 g/mol. The molecule has 0 saturated carbocycles. The number of benzene rings is 1. The summed E-state index contributed by atoms with van der Waals surface area (Å²) in [7, 11) is 0. The van der Waals surface area contributed by atoms with Crippen LogP contribution in [0.25, 0.3) is 0 Å². The second kappa shape index (κ2) is 5.69. The molecule has 18 heavy (non-hydrogen) atoms. The van der Waals surface area contributed by atoms with E-state index >= 15 is 0 Å². The molecule has 94 valence electrons. The minimum Gasteiger partial charge on any atom is -0.359 e. The highest BCUT2D eigenvalue weighted by atomic mass is 35.5. The number of rotatable bonds is 4. The van der Waals surface area contributed by atoms with Gasteiger partial charge in [-0.3, -0.25) is 4.79 Å². The molecule has 5 heteroatoms. The Bertz CT molecular complexity index is 551. The number of halogens is 1. The van der Waals surface area contributed by atoms with Crippen LogP contribution in [0, 0.1) is 6.92 Å². The van der Waals surface area contributed by atoms with Crippen LogP contribution in [0.3, 0.4) is 0 Å². The molecule has 1 aromatic carbocycles. The van der Waals surface area contributed by atoms with Gasteiger partial charge < -0.3 is 9.84 Å². The van der Waals surface area contributed by atoms with Gasteiger partial charge in [0.25, 0.3) is 5.91 Å². The van der Waals surface area contributed by atoms with E-state index in [1.807, 2.05) is 19.1 Å². The molecular formula is C13H13ClN2O2. The van der Waals surface area contributed by atoms with Crippen LogP contribution in [0.5, 0.6) is 0 Å². The monoisotopic (exact) mass is 264 g/mol. The van der Waals surface area contributed by atoms with E-state index in [2.05, 4.69) is 10.5 Å². The molecule has 0 aliphatic heterocycles. The van der Waals surface area contributed by atoms with Gasteiger partial charge >= 0.3 is 0 Å². The summed E-state index contributed by atoms with van der Waals surface area (Å²) in [5.41, 5.74) is 2.30. The van der Waals surface area contributed by atoms with E-state index in [0.717, 1.165) is 11.3 Å². The summed E-state index contributed by atoms with van der Waals surface area (Å²) < 4.78 is 5.01. The highest BCUT2D eigenvalue weighted by molar-refractivity contribution is 6.17. The maximum absolute atomic E-state index is 11.9. The molecule has 0 atom stereocenters. The number of nitrogens with one attached hydrogen (secondary N) is 1. The van der Waals surface area contributed by atoms with Gasteiger partial charge in [0, 0.05) is 17.5 Å². The number of aryl methyl sites for hydroxylation is 1. The zero-order valence-electron chi connectivity index (χ0n) is 9.94. The van der Waals surface area contributed by atoms with E-state index in [9.17, 15) is 4.79 Å². The van der Waals surface area contributed by atoms with Gasteiger partial charge in [-0.2, -0.15) is 0 Å². The number of carbonyl (C=O) groups is 1.